The Hall–Kier alpha value is -3.02. The van der Waals surface area contributed by atoms with Crippen LogP contribution < -0.4 is 14.8 Å². The van der Waals surface area contributed by atoms with Crippen molar-refractivity contribution >= 4 is 11.9 Å². The number of hydrogen-bond donors (Lipinski definition) is 2. The largest absolute Gasteiger partial charge is 0.496 e. The highest BCUT2D eigenvalue weighted by molar-refractivity contribution is 5.80. The lowest BCUT2D eigenvalue weighted by atomic mass is 9.99. The van der Waals surface area contributed by atoms with Crippen LogP contribution in [0.4, 0.5) is 0 Å². The van der Waals surface area contributed by atoms with Crippen molar-refractivity contribution in [3.63, 3.8) is 0 Å². The molecule has 150 valence electrons. The molecule has 6 nitrogen and oxygen atoms in total. The van der Waals surface area contributed by atoms with E-state index < -0.39 is 11.9 Å². The number of carboxylic acids is 1. The van der Waals surface area contributed by atoms with Gasteiger partial charge in [0.15, 0.2) is 0 Å². The lowest BCUT2D eigenvalue weighted by Crippen LogP contribution is -2.35. The Morgan fingerprint density at radius 2 is 1.86 bits per heavy atom. The Morgan fingerprint density at radius 3 is 2.46 bits per heavy atom. The Kier molecular flexibility index (Phi) is 7.87. The van der Waals surface area contributed by atoms with Gasteiger partial charge in [-0.15, -0.1) is 0 Å². The Labute approximate surface area is 165 Å². The van der Waals surface area contributed by atoms with Crippen molar-refractivity contribution in [1.29, 1.82) is 0 Å². The summed E-state index contributed by atoms with van der Waals surface area (Å²) in [5.41, 5.74) is 2.69. The first-order valence-corrected chi connectivity index (χ1v) is 9.27. The molecule has 0 spiro atoms. The predicted molar refractivity (Wildman–Crippen MR) is 107 cm³/mol. The van der Waals surface area contributed by atoms with Gasteiger partial charge in [0.2, 0.25) is 5.91 Å². The van der Waals surface area contributed by atoms with Crippen molar-refractivity contribution in [3.05, 3.63) is 59.2 Å². The molecular formula is C22H27NO5. The summed E-state index contributed by atoms with van der Waals surface area (Å²) >= 11 is 0. The molecule has 2 aromatic rings. The molecule has 0 saturated heterocycles. The third-order valence-electron chi connectivity index (χ3n) is 4.40. The van der Waals surface area contributed by atoms with Crippen molar-refractivity contribution in [2.75, 3.05) is 20.3 Å². The first kappa shape index (κ1) is 21.3. The molecule has 0 aliphatic heterocycles. The highest BCUT2D eigenvalue weighted by Crippen LogP contribution is 2.20. The third kappa shape index (κ3) is 6.30. The molecule has 6 heteroatoms. The molecule has 0 saturated carbocycles. The van der Waals surface area contributed by atoms with Crippen LogP contribution in [0.15, 0.2) is 42.5 Å². The van der Waals surface area contributed by atoms with E-state index in [9.17, 15) is 14.7 Å². The topological polar surface area (TPSA) is 84.9 Å². The van der Waals surface area contributed by atoms with Gasteiger partial charge in [0.1, 0.15) is 11.5 Å². The van der Waals surface area contributed by atoms with E-state index in [0.29, 0.717) is 18.8 Å². The Balaban J connectivity index is 1.94. The number of benzene rings is 2. The number of hydrogen-bond acceptors (Lipinski definition) is 4. The Bertz CT molecular complexity index is 801. The third-order valence-corrected chi connectivity index (χ3v) is 4.40. The highest BCUT2D eigenvalue weighted by atomic mass is 16.5. The average molecular weight is 385 g/mol. The van der Waals surface area contributed by atoms with Crippen molar-refractivity contribution in [2.24, 2.45) is 5.92 Å². The zero-order chi connectivity index (χ0) is 20.5. The summed E-state index contributed by atoms with van der Waals surface area (Å²) in [6, 6.07) is 13.0. The first-order valence-electron chi connectivity index (χ1n) is 9.27. The van der Waals surface area contributed by atoms with E-state index in [2.05, 4.69) is 5.32 Å². The molecule has 0 aliphatic rings. The normalized spacial score (nSPS) is 11.5. The fourth-order valence-corrected chi connectivity index (χ4v) is 2.94. The number of carboxylic acid groups (broad SMARTS) is 1. The number of ether oxygens (including phenoxy) is 2. The van der Waals surface area contributed by atoms with Crippen LogP contribution in [0.5, 0.6) is 11.5 Å². The number of aliphatic carboxylic acids is 1. The van der Waals surface area contributed by atoms with Crippen molar-refractivity contribution in [1.82, 2.24) is 5.32 Å². The molecule has 0 bridgehead atoms. The van der Waals surface area contributed by atoms with Crippen molar-refractivity contribution in [3.8, 4) is 11.5 Å². The lowest BCUT2D eigenvalue weighted by Gasteiger charge is -2.15. The van der Waals surface area contributed by atoms with Crippen LogP contribution in [-0.4, -0.2) is 37.2 Å². The highest BCUT2D eigenvalue weighted by Gasteiger charge is 2.19. The molecule has 2 N–H and O–H groups in total. The fourth-order valence-electron chi connectivity index (χ4n) is 2.94. The summed E-state index contributed by atoms with van der Waals surface area (Å²) in [5.74, 6) is -0.492. The second kappa shape index (κ2) is 10.3. The summed E-state index contributed by atoms with van der Waals surface area (Å²) in [7, 11) is 1.56. The van der Waals surface area contributed by atoms with Crippen LogP contribution in [0.2, 0.25) is 0 Å². The van der Waals surface area contributed by atoms with Gasteiger partial charge in [-0.1, -0.05) is 29.8 Å². The summed E-state index contributed by atoms with van der Waals surface area (Å²) in [4.78, 5) is 23.9. The summed E-state index contributed by atoms with van der Waals surface area (Å²) in [5, 5.41) is 12.2. The molecule has 0 radical (unpaired) electrons. The summed E-state index contributed by atoms with van der Waals surface area (Å²) in [6.45, 7) is 4.49. The minimum atomic E-state index is -0.942. The quantitative estimate of drug-likeness (QED) is 0.657. The number of carbonyl (C=O) groups is 2. The van der Waals surface area contributed by atoms with Crippen LogP contribution in [0.1, 0.15) is 23.6 Å². The van der Waals surface area contributed by atoms with Gasteiger partial charge in [-0.2, -0.15) is 0 Å². The van der Waals surface area contributed by atoms with Crippen LogP contribution in [0, 0.1) is 12.8 Å². The molecule has 1 atom stereocenters. The molecule has 1 unspecified atom stereocenters. The second-order valence-electron chi connectivity index (χ2n) is 6.61. The molecule has 28 heavy (non-hydrogen) atoms. The summed E-state index contributed by atoms with van der Waals surface area (Å²) < 4.78 is 10.7. The maximum Gasteiger partial charge on any atom is 0.308 e. The molecule has 0 aliphatic carbocycles. The number of rotatable bonds is 10. The van der Waals surface area contributed by atoms with E-state index in [1.165, 1.54) is 0 Å². The zero-order valence-electron chi connectivity index (χ0n) is 16.5. The minimum absolute atomic E-state index is 0.0650. The van der Waals surface area contributed by atoms with Crippen molar-refractivity contribution < 1.29 is 24.2 Å². The van der Waals surface area contributed by atoms with E-state index in [-0.39, 0.29) is 18.9 Å². The van der Waals surface area contributed by atoms with Crippen LogP contribution in [0.25, 0.3) is 0 Å². The van der Waals surface area contributed by atoms with E-state index in [0.717, 1.165) is 22.4 Å². The second-order valence-corrected chi connectivity index (χ2v) is 6.61. The molecule has 2 rings (SSSR count). The van der Waals surface area contributed by atoms with Gasteiger partial charge < -0.3 is 19.9 Å². The first-order chi connectivity index (χ1) is 13.4. The SMILES string of the molecule is CCOc1ccc(CC(CNC(=O)Cc2cc(C)ccc2OC)C(=O)O)cc1. The number of carbonyl (C=O) groups excluding carboxylic acids is 1. The van der Waals surface area contributed by atoms with Crippen LogP contribution >= 0.6 is 0 Å². The maximum atomic E-state index is 12.3. The zero-order valence-corrected chi connectivity index (χ0v) is 16.5. The molecular weight excluding hydrogens is 358 g/mol. The molecule has 0 aromatic heterocycles. The van der Waals surface area contributed by atoms with E-state index in [1.54, 1.807) is 7.11 Å². The minimum Gasteiger partial charge on any atom is -0.496 e. The van der Waals surface area contributed by atoms with E-state index >= 15 is 0 Å². The molecule has 0 fully saturated rings. The molecule has 2 aromatic carbocycles. The van der Waals surface area contributed by atoms with Gasteiger partial charge in [0.05, 0.1) is 26.1 Å². The maximum absolute atomic E-state index is 12.3. The summed E-state index contributed by atoms with van der Waals surface area (Å²) in [6.07, 6.45) is 0.468. The van der Waals surface area contributed by atoms with Gasteiger partial charge >= 0.3 is 5.97 Å². The monoisotopic (exact) mass is 385 g/mol. The van der Waals surface area contributed by atoms with Gasteiger partial charge in [0, 0.05) is 12.1 Å². The average Bonchev–Trinajstić information content (AvgIpc) is 2.66. The number of methoxy groups -OCH3 is 1. The van der Waals surface area contributed by atoms with E-state index in [1.807, 2.05) is 56.3 Å². The Morgan fingerprint density at radius 1 is 1.14 bits per heavy atom. The smallest absolute Gasteiger partial charge is 0.308 e. The van der Waals surface area contributed by atoms with Gasteiger partial charge in [-0.3, -0.25) is 9.59 Å². The van der Waals surface area contributed by atoms with Gasteiger partial charge in [-0.25, -0.2) is 0 Å². The lowest BCUT2D eigenvalue weighted by molar-refractivity contribution is -0.141. The number of amides is 1. The van der Waals surface area contributed by atoms with Crippen LogP contribution in [0.3, 0.4) is 0 Å². The van der Waals surface area contributed by atoms with Gasteiger partial charge in [0.25, 0.3) is 0 Å². The molecule has 0 heterocycles. The fraction of sp³-hybridized carbons (Fsp3) is 0.364. The van der Waals surface area contributed by atoms with Gasteiger partial charge in [-0.05, 0) is 44.0 Å². The van der Waals surface area contributed by atoms with E-state index in [4.69, 9.17) is 9.47 Å². The number of nitrogens with one attached hydrogen (secondary N) is 1. The predicted octanol–water partition coefficient (Wildman–Crippen LogP) is 3.00. The van der Waals surface area contributed by atoms with Crippen LogP contribution in [-0.2, 0) is 22.4 Å². The standard InChI is InChI=1S/C22H27NO5/c1-4-28-19-8-6-16(7-9-19)12-18(22(25)26)14-23-21(24)13-17-11-15(2)5-10-20(17)27-3/h5-11,18H,4,12-14H2,1-3H3,(H,23,24)(H,25,26). The molecule has 1 amide bonds. The number of aryl methyl sites for hydroxylation is 1. The van der Waals surface area contributed by atoms with Crippen molar-refractivity contribution in [2.45, 2.75) is 26.7 Å².